The molecule has 1 fully saturated rings. The molecule has 86 valence electrons. The van der Waals surface area contributed by atoms with Crippen molar-refractivity contribution in [2.24, 2.45) is 0 Å². The van der Waals surface area contributed by atoms with Crippen LogP contribution in [0, 0.1) is 0 Å². The lowest BCUT2D eigenvalue weighted by Gasteiger charge is -2.10. The Morgan fingerprint density at radius 1 is 1.44 bits per heavy atom. The van der Waals surface area contributed by atoms with Gasteiger partial charge in [0.2, 0.25) is 0 Å². The van der Waals surface area contributed by atoms with Gasteiger partial charge in [0, 0.05) is 0 Å². The number of benzene rings is 1. The first-order valence-electron chi connectivity index (χ1n) is 5.57. The Hall–Kier alpha value is -1.39. The quantitative estimate of drug-likeness (QED) is 0.743. The summed E-state index contributed by atoms with van der Waals surface area (Å²) in [6.07, 6.45) is 1.91. The van der Waals surface area contributed by atoms with E-state index in [0.29, 0.717) is 6.54 Å². The Morgan fingerprint density at radius 3 is 2.94 bits per heavy atom. The molecule has 4 heteroatoms. The summed E-state index contributed by atoms with van der Waals surface area (Å²) < 4.78 is 0. The fourth-order valence-corrected chi connectivity index (χ4v) is 1.74. The van der Waals surface area contributed by atoms with Gasteiger partial charge < -0.3 is 10.2 Å². The van der Waals surface area contributed by atoms with Crippen molar-refractivity contribution in [3.8, 4) is 0 Å². The third kappa shape index (κ3) is 3.05. The molecule has 1 heterocycles. The van der Waals surface area contributed by atoms with Crippen molar-refractivity contribution < 1.29 is 9.63 Å². The Labute approximate surface area is 94.9 Å². The maximum atomic E-state index is 11.5. The summed E-state index contributed by atoms with van der Waals surface area (Å²) in [5.74, 6) is -0.214. The standard InChI is InChI=1S/C12H16N2O2/c15-12(11-7-4-8-13-11)16-14-9-10-5-2-1-3-6-10/h1-3,5-6,11,13-14H,4,7-9H2/t11-/m0/s1. The summed E-state index contributed by atoms with van der Waals surface area (Å²) in [6.45, 7) is 1.44. The van der Waals surface area contributed by atoms with E-state index in [9.17, 15) is 4.79 Å². The molecule has 2 rings (SSSR count). The SMILES string of the molecule is O=C(ONCc1ccccc1)[C@@H]1CCCN1. The summed E-state index contributed by atoms with van der Waals surface area (Å²) in [5.41, 5.74) is 3.78. The van der Waals surface area contributed by atoms with Crippen molar-refractivity contribution in [3.05, 3.63) is 35.9 Å². The minimum Gasteiger partial charge on any atom is -0.369 e. The Balaban J connectivity index is 1.70. The van der Waals surface area contributed by atoms with Gasteiger partial charge in [-0.05, 0) is 24.9 Å². The predicted molar refractivity (Wildman–Crippen MR) is 60.4 cm³/mol. The molecule has 1 aromatic rings. The highest BCUT2D eigenvalue weighted by molar-refractivity contribution is 5.75. The largest absolute Gasteiger partial charge is 0.369 e. The van der Waals surface area contributed by atoms with Crippen LogP contribution >= 0.6 is 0 Å². The third-order valence-electron chi connectivity index (χ3n) is 2.64. The molecule has 1 atom stereocenters. The maximum Gasteiger partial charge on any atom is 0.341 e. The van der Waals surface area contributed by atoms with Crippen LogP contribution in [0.5, 0.6) is 0 Å². The van der Waals surface area contributed by atoms with E-state index in [2.05, 4.69) is 10.8 Å². The van der Waals surface area contributed by atoms with Gasteiger partial charge in [0.1, 0.15) is 6.04 Å². The van der Waals surface area contributed by atoms with Crippen molar-refractivity contribution in [1.82, 2.24) is 10.8 Å². The Kier molecular flexibility index (Phi) is 3.91. The van der Waals surface area contributed by atoms with Gasteiger partial charge in [0.15, 0.2) is 0 Å². The average Bonchev–Trinajstić information content (AvgIpc) is 2.84. The molecule has 1 aromatic carbocycles. The fraction of sp³-hybridized carbons (Fsp3) is 0.417. The first-order chi connectivity index (χ1) is 7.86. The fourth-order valence-electron chi connectivity index (χ4n) is 1.74. The van der Waals surface area contributed by atoms with Crippen molar-refractivity contribution in [2.75, 3.05) is 6.54 Å². The third-order valence-corrected chi connectivity index (χ3v) is 2.64. The number of carbonyl (C=O) groups is 1. The van der Waals surface area contributed by atoms with Crippen LogP contribution in [-0.2, 0) is 16.2 Å². The lowest BCUT2D eigenvalue weighted by molar-refractivity contribution is -0.153. The van der Waals surface area contributed by atoms with Gasteiger partial charge in [-0.3, -0.25) is 0 Å². The number of nitrogens with one attached hydrogen (secondary N) is 2. The highest BCUT2D eigenvalue weighted by Gasteiger charge is 2.23. The molecule has 0 radical (unpaired) electrons. The van der Waals surface area contributed by atoms with Gasteiger partial charge >= 0.3 is 5.97 Å². The molecule has 0 amide bonds. The maximum absolute atomic E-state index is 11.5. The zero-order chi connectivity index (χ0) is 11.2. The van der Waals surface area contributed by atoms with E-state index in [0.717, 1.165) is 24.9 Å². The molecule has 1 aliphatic heterocycles. The van der Waals surface area contributed by atoms with Crippen LogP contribution in [0.3, 0.4) is 0 Å². The summed E-state index contributed by atoms with van der Waals surface area (Å²) in [6, 6.07) is 9.69. The summed E-state index contributed by atoms with van der Waals surface area (Å²) in [7, 11) is 0. The normalized spacial score (nSPS) is 19.6. The number of hydrogen-bond donors (Lipinski definition) is 2. The minimum absolute atomic E-state index is 0.136. The minimum atomic E-state index is -0.214. The first kappa shape index (κ1) is 11.1. The second-order valence-corrected chi connectivity index (χ2v) is 3.88. The number of rotatable bonds is 4. The van der Waals surface area contributed by atoms with E-state index in [1.54, 1.807) is 0 Å². The molecular weight excluding hydrogens is 204 g/mol. The van der Waals surface area contributed by atoms with Crippen molar-refractivity contribution in [2.45, 2.75) is 25.4 Å². The van der Waals surface area contributed by atoms with Crippen molar-refractivity contribution in [1.29, 1.82) is 0 Å². The smallest absolute Gasteiger partial charge is 0.341 e. The molecule has 0 saturated carbocycles. The van der Waals surface area contributed by atoms with Crippen molar-refractivity contribution in [3.63, 3.8) is 0 Å². The molecule has 16 heavy (non-hydrogen) atoms. The monoisotopic (exact) mass is 220 g/mol. The molecule has 0 spiro atoms. The van der Waals surface area contributed by atoms with Gasteiger partial charge in [-0.2, -0.15) is 0 Å². The summed E-state index contributed by atoms with van der Waals surface area (Å²) in [5, 5.41) is 3.09. The second kappa shape index (κ2) is 5.63. The molecule has 2 N–H and O–H groups in total. The molecule has 0 bridgehead atoms. The molecule has 1 saturated heterocycles. The Morgan fingerprint density at radius 2 is 2.25 bits per heavy atom. The summed E-state index contributed by atoms with van der Waals surface area (Å²) in [4.78, 5) is 16.5. The number of carbonyl (C=O) groups excluding carboxylic acids is 1. The molecule has 0 aliphatic carbocycles. The van der Waals surface area contributed by atoms with Gasteiger partial charge in [-0.15, -0.1) is 5.48 Å². The average molecular weight is 220 g/mol. The van der Waals surface area contributed by atoms with E-state index in [1.165, 1.54) is 0 Å². The highest BCUT2D eigenvalue weighted by atomic mass is 16.7. The van der Waals surface area contributed by atoms with Crippen LogP contribution in [0.2, 0.25) is 0 Å². The molecule has 0 unspecified atom stereocenters. The van der Waals surface area contributed by atoms with Crippen LogP contribution in [0.1, 0.15) is 18.4 Å². The first-order valence-corrected chi connectivity index (χ1v) is 5.57. The number of hydrogen-bond acceptors (Lipinski definition) is 4. The van der Waals surface area contributed by atoms with E-state index >= 15 is 0 Å². The van der Waals surface area contributed by atoms with Crippen LogP contribution in [0.15, 0.2) is 30.3 Å². The number of hydroxylamine groups is 1. The topological polar surface area (TPSA) is 50.4 Å². The van der Waals surface area contributed by atoms with Gasteiger partial charge in [0.05, 0.1) is 6.54 Å². The zero-order valence-electron chi connectivity index (χ0n) is 9.11. The predicted octanol–water partition coefficient (Wildman–Crippen LogP) is 0.986. The lowest BCUT2D eigenvalue weighted by Crippen LogP contribution is -2.35. The van der Waals surface area contributed by atoms with E-state index in [-0.39, 0.29) is 12.0 Å². The van der Waals surface area contributed by atoms with Gasteiger partial charge in [-0.1, -0.05) is 30.3 Å². The van der Waals surface area contributed by atoms with E-state index in [4.69, 9.17) is 4.84 Å². The lowest BCUT2D eigenvalue weighted by atomic mass is 10.2. The van der Waals surface area contributed by atoms with E-state index < -0.39 is 0 Å². The van der Waals surface area contributed by atoms with Gasteiger partial charge in [-0.25, -0.2) is 4.79 Å². The van der Waals surface area contributed by atoms with Gasteiger partial charge in [0.25, 0.3) is 0 Å². The highest BCUT2D eigenvalue weighted by Crippen LogP contribution is 2.06. The molecule has 1 aliphatic rings. The van der Waals surface area contributed by atoms with Crippen LogP contribution in [0.4, 0.5) is 0 Å². The van der Waals surface area contributed by atoms with Crippen LogP contribution in [0.25, 0.3) is 0 Å². The van der Waals surface area contributed by atoms with Crippen LogP contribution in [-0.4, -0.2) is 18.6 Å². The Bertz CT molecular complexity index is 334. The van der Waals surface area contributed by atoms with Crippen molar-refractivity contribution >= 4 is 5.97 Å². The second-order valence-electron chi connectivity index (χ2n) is 3.88. The molecule has 4 nitrogen and oxygen atoms in total. The van der Waals surface area contributed by atoms with Crippen LogP contribution < -0.4 is 10.8 Å². The zero-order valence-corrected chi connectivity index (χ0v) is 9.11. The summed E-state index contributed by atoms with van der Waals surface area (Å²) >= 11 is 0. The molecule has 0 aromatic heterocycles. The molecular formula is C12H16N2O2. The van der Waals surface area contributed by atoms with E-state index in [1.807, 2.05) is 30.3 Å².